The van der Waals surface area contributed by atoms with Crippen molar-refractivity contribution in [2.24, 2.45) is 5.92 Å². The maximum atomic E-state index is 5.47. The average Bonchev–Trinajstić information content (AvgIpc) is 2.48. The smallest absolute Gasteiger partial charge is 0.0468 e. The first-order valence-corrected chi connectivity index (χ1v) is 8.42. The van der Waals surface area contributed by atoms with Crippen LogP contribution < -0.4 is 5.32 Å². The minimum atomic E-state index is 0.186. The predicted octanol–water partition coefficient (Wildman–Crippen LogP) is 4.37. The van der Waals surface area contributed by atoms with E-state index in [1.165, 1.54) is 31.2 Å². The third-order valence-corrected chi connectivity index (χ3v) is 4.41. The van der Waals surface area contributed by atoms with Crippen LogP contribution in [0.3, 0.4) is 0 Å². The number of hydrogen-bond donors (Lipinski definition) is 1. The zero-order valence-corrected chi connectivity index (χ0v) is 13.9. The molecule has 1 unspecified atom stereocenters. The van der Waals surface area contributed by atoms with Crippen LogP contribution in [0.15, 0.2) is 30.3 Å². The second-order valence-corrected chi connectivity index (χ2v) is 7.37. The lowest BCUT2D eigenvalue weighted by atomic mass is 9.87. The van der Waals surface area contributed by atoms with Gasteiger partial charge in [0.2, 0.25) is 0 Å². The maximum Gasteiger partial charge on any atom is 0.0468 e. The van der Waals surface area contributed by atoms with E-state index in [2.05, 4.69) is 56.4 Å². The van der Waals surface area contributed by atoms with Gasteiger partial charge in [-0.05, 0) is 63.9 Å². The van der Waals surface area contributed by atoms with E-state index in [1.54, 1.807) is 0 Å². The molecule has 0 saturated carbocycles. The normalized spacial score (nSPS) is 18.6. The van der Waals surface area contributed by atoms with Crippen molar-refractivity contribution in [2.45, 2.75) is 57.9 Å². The number of rotatable bonds is 6. The standard InChI is InChI=1S/C19H31NO/c1-19(2,3)20-15-18(17-7-5-4-6-8-17)10-9-16-11-13-21-14-12-16/h4-8,16,18,20H,9-15H2,1-3H3. The van der Waals surface area contributed by atoms with Crippen LogP contribution in [-0.2, 0) is 4.74 Å². The minimum Gasteiger partial charge on any atom is -0.381 e. The Bertz CT molecular complexity index is 390. The summed E-state index contributed by atoms with van der Waals surface area (Å²) < 4.78 is 5.47. The highest BCUT2D eigenvalue weighted by Gasteiger charge is 2.19. The van der Waals surface area contributed by atoms with Crippen LogP contribution in [0.25, 0.3) is 0 Å². The van der Waals surface area contributed by atoms with Crippen molar-refractivity contribution < 1.29 is 4.74 Å². The van der Waals surface area contributed by atoms with Gasteiger partial charge in [0.15, 0.2) is 0 Å². The molecule has 1 aliphatic heterocycles. The van der Waals surface area contributed by atoms with E-state index >= 15 is 0 Å². The van der Waals surface area contributed by atoms with Gasteiger partial charge in [-0.2, -0.15) is 0 Å². The average molecular weight is 289 g/mol. The summed E-state index contributed by atoms with van der Waals surface area (Å²) in [5.74, 6) is 1.48. The first kappa shape index (κ1) is 16.5. The van der Waals surface area contributed by atoms with Gasteiger partial charge in [0.05, 0.1) is 0 Å². The van der Waals surface area contributed by atoms with Gasteiger partial charge in [0, 0.05) is 25.3 Å². The van der Waals surface area contributed by atoms with Crippen molar-refractivity contribution >= 4 is 0 Å². The summed E-state index contributed by atoms with van der Waals surface area (Å²) in [4.78, 5) is 0. The molecular weight excluding hydrogens is 258 g/mol. The molecule has 0 spiro atoms. The molecule has 1 heterocycles. The molecule has 21 heavy (non-hydrogen) atoms. The Morgan fingerprint density at radius 3 is 2.43 bits per heavy atom. The Labute approximate surface area is 130 Å². The first-order valence-electron chi connectivity index (χ1n) is 8.42. The summed E-state index contributed by atoms with van der Waals surface area (Å²) in [6.45, 7) is 9.72. The Kier molecular flexibility index (Phi) is 6.25. The molecule has 0 aromatic heterocycles. The number of hydrogen-bond acceptors (Lipinski definition) is 2. The van der Waals surface area contributed by atoms with E-state index in [1.807, 2.05) is 0 Å². The molecule has 2 nitrogen and oxygen atoms in total. The zero-order valence-electron chi connectivity index (χ0n) is 13.9. The fraction of sp³-hybridized carbons (Fsp3) is 0.684. The van der Waals surface area contributed by atoms with E-state index in [-0.39, 0.29) is 5.54 Å². The Morgan fingerprint density at radius 1 is 1.14 bits per heavy atom. The molecule has 1 fully saturated rings. The van der Waals surface area contributed by atoms with Crippen LogP contribution in [0, 0.1) is 5.92 Å². The molecule has 1 aromatic rings. The van der Waals surface area contributed by atoms with E-state index in [0.717, 1.165) is 25.7 Å². The van der Waals surface area contributed by atoms with Gasteiger partial charge in [-0.3, -0.25) is 0 Å². The topological polar surface area (TPSA) is 21.3 Å². The van der Waals surface area contributed by atoms with Crippen LogP contribution in [-0.4, -0.2) is 25.3 Å². The SMILES string of the molecule is CC(C)(C)NCC(CCC1CCOCC1)c1ccccc1. The summed E-state index contributed by atoms with van der Waals surface area (Å²) in [6, 6.07) is 11.0. The third-order valence-electron chi connectivity index (χ3n) is 4.41. The van der Waals surface area contributed by atoms with Crippen molar-refractivity contribution in [1.82, 2.24) is 5.32 Å². The van der Waals surface area contributed by atoms with E-state index in [0.29, 0.717) is 5.92 Å². The van der Waals surface area contributed by atoms with Crippen molar-refractivity contribution in [3.05, 3.63) is 35.9 Å². The highest BCUT2D eigenvalue weighted by Crippen LogP contribution is 2.27. The summed E-state index contributed by atoms with van der Waals surface area (Å²) in [7, 11) is 0. The molecule has 1 aliphatic rings. The zero-order chi connectivity index (χ0) is 15.1. The Hall–Kier alpha value is -0.860. The van der Waals surface area contributed by atoms with Crippen LogP contribution in [0.2, 0.25) is 0 Å². The molecule has 1 atom stereocenters. The molecule has 0 amide bonds. The second-order valence-electron chi connectivity index (χ2n) is 7.37. The van der Waals surface area contributed by atoms with Gasteiger partial charge >= 0.3 is 0 Å². The third kappa shape index (κ3) is 6.19. The second kappa shape index (κ2) is 7.95. The van der Waals surface area contributed by atoms with Gasteiger partial charge in [0.1, 0.15) is 0 Å². The number of nitrogens with one attached hydrogen (secondary N) is 1. The van der Waals surface area contributed by atoms with Crippen LogP contribution in [0.5, 0.6) is 0 Å². The van der Waals surface area contributed by atoms with Gasteiger partial charge in [0.25, 0.3) is 0 Å². The molecule has 2 heteroatoms. The summed E-state index contributed by atoms with van der Waals surface area (Å²) >= 11 is 0. The summed E-state index contributed by atoms with van der Waals surface area (Å²) in [5.41, 5.74) is 1.66. The maximum absolute atomic E-state index is 5.47. The predicted molar refractivity (Wildman–Crippen MR) is 89.7 cm³/mol. The highest BCUT2D eigenvalue weighted by atomic mass is 16.5. The number of ether oxygens (including phenoxy) is 1. The lowest BCUT2D eigenvalue weighted by molar-refractivity contribution is 0.0626. The van der Waals surface area contributed by atoms with Gasteiger partial charge in [-0.1, -0.05) is 30.3 Å². The molecule has 118 valence electrons. The van der Waals surface area contributed by atoms with Gasteiger partial charge < -0.3 is 10.1 Å². The quantitative estimate of drug-likeness (QED) is 0.840. The van der Waals surface area contributed by atoms with Crippen LogP contribution in [0.1, 0.15) is 57.9 Å². The van der Waals surface area contributed by atoms with Crippen molar-refractivity contribution in [3.8, 4) is 0 Å². The van der Waals surface area contributed by atoms with E-state index in [9.17, 15) is 0 Å². The molecule has 1 N–H and O–H groups in total. The minimum absolute atomic E-state index is 0.186. The van der Waals surface area contributed by atoms with E-state index < -0.39 is 0 Å². The van der Waals surface area contributed by atoms with E-state index in [4.69, 9.17) is 4.74 Å². The van der Waals surface area contributed by atoms with Crippen molar-refractivity contribution in [1.29, 1.82) is 0 Å². The lowest BCUT2D eigenvalue weighted by Crippen LogP contribution is -2.38. The number of benzene rings is 1. The fourth-order valence-corrected chi connectivity index (χ4v) is 3.01. The first-order chi connectivity index (χ1) is 10.0. The summed E-state index contributed by atoms with van der Waals surface area (Å²) in [6.07, 6.45) is 5.09. The van der Waals surface area contributed by atoms with Crippen LogP contribution >= 0.6 is 0 Å². The summed E-state index contributed by atoms with van der Waals surface area (Å²) in [5, 5.41) is 3.68. The molecular formula is C19H31NO. The molecule has 1 saturated heterocycles. The van der Waals surface area contributed by atoms with Crippen molar-refractivity contribution in [3.63, 3.8) is 0 Å². The molecule has 2 rings (SSSR count). The van der Waals surface area contributed by atoms with Crippen molar-refractivity contribution in [2.75, 3.05) is 19.8 Å². The van der Waals surface area contributed by atoms with Crippen LogP contribution in [0.4, 0.5) is 0 Å². The largest absolute Gasteiger partial charge is 0.381 e. The molecule has 1 aromatic carbocycles. The fourth-order valence-electron chi connectivity index (χ4n) is 3.01. The lowest BCUT2D eigenvalue weighted by Gasteiger charge is -2.28. The monoisotopic (exact) mass is 289 g/mol. The molecule has 0 aliphatic carbocycles. The highest BCUT2D eigenvalue weighted by molar-refractivity contribution is 5.20. The molecule has 0 radical (unpaired) electrons. The Morgan fingerprint density at radius 2 is 1.81 bits per heavy atom. The Balaban J connectivity index is 1.91. The van der Waals surface area contributed by atoms with Gasteiger partial charge in [-0.15, -0.1) is 0 Å². The molecule has 0 bridgehead atoms. The van der Waals surface area contributed by atoms with Gasteiger partial charge in [-0.25, -0.2) is 0 Å².